The third-order valence-electron chi connectivity index (χ3n) is 2.28. The molecule has 0 aliphatic rings. The summed E-state index contributed by atoms with van der Waals surface area (Å²) < 4.78 is 5.42. The molecule has 5 heteroatoms. The molecule has 98 valence electrons. The zero-order chi connectivity index (χ0) is 13.5. The molecule has 1 aromatic rings. The fraction of sp³-hybridized carbons (Fsp3) is 0.385. The van der Waals surface area contributed by atoms with Crippen LogP contribution in [-0.2, 0) is 4.79 Å². The number of imide groups is 1. The molecule has 0 aliphatic heterocycles. The van der Waals surface area contributed by atoms with Crippen molar-refractivity contribution in [3.8, 4) is 5.75 Å². The van der Waals surface area contributed by atoms with E-state index in [0.717, 1.165) is 5.56 Å². The van der Waals surface area contributed by atoms with Gasteiger partial charge in [0.05, 0.1) is 0 Å². The predicted molar refractivity (Wildman–Crippen MR) is 68.5 cm³/mol. The number of hydrogen-bond acceptors (Lipinski definition) is 3. The van der Waals surface area contributed by atoms with Gasteiger partial charge in [0.15, 0.2) is 6.10 Å². The second kappa shape index (κ2) is 6.64. The Morgan fingerprint density at radius 2 is 1.89 bits per heavy atom. The number of hydrogen-bond donors (Lipinski definition) is 2. The molecule has 5 nitrogen and oxygen atoms in total. The number of urea groups is 1. The van der Waals surface area contributed by atoms with Crippen LogP contribution in [0.3, 0.4) is 0 Å². The van der Waals surface area contributed by atoms with Gasteiger partial charge in [-0.15, -0.1) is 0 Å². The van der Waals surface area contributed by atoms with E-state index in [1.807, 2.05) is 19.1 Å². The van der Waals surface area contributed by atoms with Crippen LogP contribution in [0, 0.1) is 6.92 Å². The average Bonchev–Trinajstić information content (AvgIpc) is 2.32. The molecular formula is C13H18N2O3. The molecule has 1 aromatic carbocycles. The summed E-state index contributed by atoms with van der Waals surface area (Å²) in [4.78, 5) is 22.8. The maximum absolute atomic E-state index is 11.6. The molecule has 3 amide bonds. The Bertz CT molecular complexity index is 415. The maximum atomic E-state index is 11.6. The Balaban J connectivity index is 2.49. The fourth-order valence-electron chi connectivity index (χ4n) is 1.29. The van der Waals surface area contributed by atoms with Gasteiger partial charge < -0.3 is 10.1 Å². The van der Waals surface area contributed by atoms with E-state index in [4.69, 9.17) is 4.74 Å². The molecule has 0 aliphatic carbocycles. The number of ether oxygens (including phenoxy) is 1. The number of nitrogens with one attached hydrogen (secondary N) is 2. The lowest BCUT2D eigenvalue weighted by Gasteiger charge is -2.14. The van der Waals surface area contributed by atoms with Crippen LogP contribution in [0.4, 0.5) is 4.79 Å². The summed E-state index contributed by atoms with van der Waals surface area (Å²) in [5, 5.41) is 4.67. The molecule has 1 rings (SSSR count). The highest BCUT2D eigenvalue weighted by Crippen LogP contribution is 2.13. The zero-order valence-electron chi connectivity index (χ0n) is 10.8. The van der Waals surface area contributed by atoms with Crippen LogP contribution in [0.15, 0.2) is 24.3 Å². The minimum atomic E-state index is -0.727. The van der Waals surface area contributed by atoms with Crippen molar-refractivity contribution in [2.75, 3.05) is 6.54 Å². The minimum Gasteiger partial charge on any atom is -0.481 e. The molecule has 2 N–H and O–H groups in total. The zero-order valence-corrected chi connectivity index (χ0v) is 10.8. The number of carbonyl (C=O) groups excluding carboxylic acids is 2. The average molecular weight is 250 g/mol. The predicted octanol–water partition coefficient (Wildman–Crippen LogP) is 1.61. The van der Waals surface area contributed by atoms with Crippen molar-refractivity contribution >= 4 is 11.9 Å². The Hall–Kier alpha value is -2.04. The van der Waals surface area contributed by atoms with Gasteiger partial charge >= 0.3 is 6.03 Å². The first-order chi connectivity index (χ1) is 8.52. The lowest BCUT2D eigenvalue weighted by molar-refractivity contribution is -0.126. The largest absolute Gasteiger partial charge is 0.481 e. The second-order valence-corrected chi connectivity index (χ2v) is 3.92. The van der Waals surface area contributed by atoms with Crippen molar-refractivity contribution in [3.05, 3.63) is 29.8 Å². The number of aryl methyl sites for hydroxylation is 1. The monoisotopic (exact) mass is 250 g/mol. The highest BCUT2D eigenvalue weighted by Gasteiger charge is 2.16. The number of amides is 3. The molecule has 0 saturated heterocycles. The number of benzene rings is 1. The van der Waals surface area contributed by atoms with Gasteiger partial charge in [-0.3, -0.25) is 10.1 Å². The molecule has 0 heterocycles. The van der Waals surface area contributed by atoms with Gasteiger partial charge in [0, 0.05) is 6.54 Å². The highest BCUT2D eigenvalue weighted by atomic mass is 16.5. The summed E-state index contributed by atoms with van der Waals surface area (Å²) in [5.41, 5.74) is 1.11. The quantitative estimate of drug-likeness (QED) is 0.853. The SMILES string of the molecule is CCNC(=O)NC(=O)[C@H](C)Oc1ccc(C)cc1. The van der Waals surface area contributed by atoms with E-state index in [1.165, 1.54) is 0 Å². The van der Waals surface area contributed by atoms with Crippen LogP contribution >= 0.6 is 0 Å². The van der Waals surface area contributed by atoms with Gasteiger partial charge in [-0.2, -0.15) is 0 Å². The van der Waals surface area contributed by atoms with Crippen molar-refractivity contribution in [1.82, 2.24) is 10.6 Å². The van der Waals surface area contributed by atoms with Crippen LogP contribution < -0.4 is 15.4 Å². The van der Waals surface area contributed by atoms with Gasteiger partial charge in [0.1, 0.15) is 5.75 Å². The van der Waals surface area contributed by atoms with Crippen molar-refractivity contribution in [2.24, 2.45) is 0 Å². The van der Waals surface area contributed by atoms with Crippen molar-refractivity contribution in [3.63, 3.8) is 0 Å². The summed E-state index contributed by atoms with van der Waals surface area (Å²) in [7, 11) is 0. The van der Waals surface area contributed by atoms with E-state index >= 15 is 0 Å². The van der Waals surface area contributed by atoms with Crippen LogP contribution in [0.25, 0.3) is 0 Å². The van der Waals surface area contributed by atoms with Gasteiger partial charge in [0.2, 0.25) is 0 Å². The van der Waals surface area contributed by atoms with E-state index < -0.39 is 18.0 Å². The van der Waals surface area contributed by atoms with Gasteiger partial charge in [-0.25, -0.2) is 4.79 Å². The summed E-state index contributed by atoms with van der Waals surface area (Å²) >= 11 is 0. The Labute approximate surface area is 107 Å². The van der Waals surface area contributed by atoms with Crippen molar-refractivity contribution in [1.29, 1.82) is 0 Å². The lowest BCUT2D eigenvalue weighted by atomic mass is 10.2. The molecule has 0 radical (unpaired) electrons. The number of carbonyl (C=O) groups is 2. The Morgan fingerprint density at radius 1 is 1.28 bits per heavy atom. The summed E-state index contributed by atoms with van der Waals surface area (Å²) in [6.07, 6.45) is -0.727. The molecule has 0 fully saturated rings. The normalized spacial score (nSPS) is 11.5. The van der Waals surface area contributed by atoms with E-state index in [2.05, 4.69) is 10.6 Å². The van der Waals surface area contributed by atoms with Crippen molar-refractivity contribution in [2.45, 2.75) is 26.9 Å². The summed E-state index contributed by atoms with van der Waals surface area (Å²) in [5.74, 6) is 0.126. The van der Waals surface area contributed by atoms with Crippen LogP contribution in [-0.4, -0.2) is 24.6 Å². The smallest absolute Gasteiger partial charge is 0.321 e. The Kier molecular flexibility index (Phi) is 5.17. The van der Waals surface area contributed by atoms with Crippen LogP contribution in [0.1, 0.15) is 19.4 Å². The molecule has 0 aromatic heterocycles. The third-order valence-corrected chi connectivity index (χ3v) is 2.28. The van der Waals surface area contributed by atoms with E-state index in [0.29, 0.717) is 12.3 Å². The van der Waals surface area contributed by atoms with E-state index in [-0.39, 0.29) is 0 Å². The molecule has 0 spiro atoms. The molecule has 0 saturated carbocycles. The topological polar surface area (TPSA) is 67.4 Å². The first-order valence-electron chi connectivity index (χ1n) is 5.85. The van der Waals surface area contributed by atoms with Gasteiger partial charge in [-0.1, -0.05) is 17.7 Å². The highest BCUT2D eigenvalue weighted by molar-refractivity contribution is 5.96. The molecule has 0 unspecified atom stereocenters. The molecule has 0 bridgehead atoms. The molecule has 1 atom stereocenters. The van der Waals surface area contributed by atoms with E-state index in [9.17, 15) is 9.59 Å². The van der Waals surface area contributed by atoms with Crippen LogP contribution in [0.2, 0.25) is 0 Å². The van der Waals surface area contributed by atoms with Gasteiger partial charge in [-0.05, 0) is 32.9 Å². The van der Waals surface area contributed by atoms with Gasteiger partial charge in [0.25, 0.3) is 5.91 Å². The number of rotatable bonds is 4. The lowest BCUT2D eigenvalue weighted by Crippen LogP contribution is -2.45. The second-order valence-electron chi connectivity index (χ2n) is 3.92. The Morgan fingerprint density at radius 3 is 2.44 bits per heavy atom. The van der Waals surface area contributed by atoms with Crippen molar-refractivity contribution < 1.29 is 14.3 Å². The van der Waals surface area contributed by atoms with E-state index in [1.54, 1.807) is 26.0 Å². The summed E-state index contributed by atoms with van der Waals surface area (Å²) in [6.45, 7) is 5.80. The first kappa shape index (κ1) is 14.0. The standard InChI is InChI=1S/C13H18N2O3/c1-4-14-13(17)15-12(16)10(3)18-11-7-5-9(2)6-8-11/h5-8,10H,4H2,1-3H3,(H2,14,15,16,17)/t10-/m0/s1. The fourth-order valence-corrected chi connectivity index (χ4v) is 1.29. The third kappa shape index (κ3) is 4.45. The summed E-state index contributed by atoms with van der Waals surface area (Å²) in [6, 6.07) is 6.84. The molecular weight excluding hydrogens is 232 g/mol. The minimum absolute atomic E-state index is 0.465. The van der Waals surface area contributed by atoms with Crippen LogP contribution in [0.5, 0.6) is 5.75 Å². The molecule has 18 heavy (non-hydrogen) atoms. The maximum Gasteiger partial charge on any atom is 0.321 e. The first-order valence-corrected chi connectivity index (χ1v) is 5.85.